The van der Waals surface area contributed by atoms with E-state index in [1.54, 1.807) is 6.07 Å². The molecule has 186 valence electrons. The fourth-order valence-corrected chi connectivity index (χ4v) is 7.11. The van der Waals surface area contributed by atoms with E-state index in [1.807, 2.05) is 36.6 Å². The van der Waals surface area contributed by atoms with Gasteiger partial charge in [-0.05, 0) is 37.3 Å². The molecule has 7 nitrogen and oxygen atoms in total. The summed E-state index contributed by atoms with van der Waals surface area (Å²) >= 11 is 1.38. The molecule has 0 saturated heterocycles. The fourth-order valence-electron chi connectivity index (χ4n) is 4.38. The van der Waals surface area contributed by atoms with Gasteiger partial charge in [-0.25, -0.2) is 13.2 Å². The average molecular weight is 508 g/mol. The number of benzene rings is 2. The van der Waals surface area contributed by atoms with Gasteiger partial charge in [0.05, 0.1) is 21.2 Å². The highest BCUT2D eigenvalue weighted by molar-refractivity contribution is 7.98. The van der Waals surface area contributed by atoms with Crippen molar-refractivity contribution in [2.45, 2.75) is 55.4 Å². The number of sulfone groups is 1. The van der Waals surface area contributed by atoms with Gasteiger partial charge in [-0.2, -0.15) is 0 Å². The Hall–Kier alpha value is -2.23. The van der Waals surface area contributed by atoms with E-state index in [9.17, 15) is 18.3 Å². The number of fused-ring (bicyclic) bond motifs is 1. The van der Waals surface area contributed by atoms with Crippen LogP contribution in [0, 0.1) is 5.41 Å². The van der Waals surface area contributed by atoms with E-state index in [4.69, 9.17) is 9.84 Å². The summed E-state index contributed by atoms with van der Waals surface area (Å²) in [4.78, 5) is 13.9. The van der Waals surface area contributed by atoms with Crippen LogP contribution in [0.1, 0.15) is 39.5 Å². The van der Waals surface area contributed by atoms with Gasteiger partial charge in [0.1, 0.15) is 12.4 Å². The number of hydrogen-bond acceptors (Lipinski definition) is 7. The first-order valence-corrected chi connectivity index (χ1v) is 14.3. The van der Waals surface area contributed by atoms with Crippen molar-refractivity contribution in [3.63, 3.8) is 0 Å². The molecule has 0 radical (unpaired) electrons. The number of anilines is 2. The van der Waals surface area contributed by atoms with Crippen LogP contribution in [0.4, 0.5) is 11.4 Å². The number of carbonyl (C=O) groups is 1. The molecule has 2 aromatic rings. The molecule has 34 heavy (non-hydrogen) atoms. The number of ether oxygens (including phenoxy) is 1. The van der Waals surface area contributed by atoms with E-state index in [0.717, 1.165) is 31.4 Å². The predicted octanol–water partition coefficient (Wildman–Crippen LogP) is 4.74. The topological polar surface area (TPSA) is 104 Å². The molecule has 2 atom stereocenters. The zero-order valence-electron chi connectivity index (χ0n) is 19.9. The number of carboxylic acids is 1. The lowest BCUT2D eigenvalue weighted by Gasteiger charge is -2.36. The molecule has 3 rings (SSSR count). The minimum Gasteiger partial charge on any atom is -0.489 e. The Morgan fingerprint density at radius 3 is 2.53 bits per heavy atom. The second-order valence-electron chi connectivity index (χ2n) is 8.77. The summed E-state index contributed by atoms with van der Waals surface area (Å²) in [7, 11) is -3.68. The van der Waals surface area contributed by atoms with Crippen molar-refractivity contribution in [3.8, 4) is 5.75 Å². The molecule has 0 aliphatic carbocycles. The number of aliphatic hydroxyl groups excluding tert-OH is 1. The molecular weight excluding hydrogens is 474 g/mol. The molecule has 1 heterocycles. The number of para-hydroxylation sites is 1. The fraction of sp³-hybridized carbons (Fsp3) is 0.480. The first-order chi connectivity index (χ1) is 16.2. The van der Waals surface area contributed by atoms with Gasteiger partial charge >= 0.3 is 5.97 Å². The number of thioether (sulfide) groups is 1. The number of carboxylic acid groups (broad SMARTS) is 1. The summed E-state index contributed by atoms with van der Waals surface area (Å²) in [5, 5.41) is 18.6. The molecule has 0 amide bonds. The van der Waals surface area contributed by atoms with E-state index in [-0.39, 0.29) is 16.4 Å². The maximum atomic E-state index is 13.8. The van der Waals surface area contributed by atoms with E-state index in [2.05, 4.69) is 18.7 Å². The highest BCUT2D eigenvalue weighted by atomic mass is 32.2. The first kappa shape index (κ1) is 26.4. The van der Waals surface area contributed by atoms with E-state index in [1.165, 1.54) is 17.8 Å². The van der Waals surface area contributed by atoms with E-state index >= 15 is 0 Å². The van der Waals surface area contributed by atoms with Gasteiger partial charge in [-0.15, -0.1) is 11.8 Å². The number of rotatable bonds is 10. The molecular formula is C25H33NO6S2. The van der Waals surface area contributed by atoms with Crippen molar-refractivity contribution >= 4 is 38.9 Å². The zero-order valence-corrected chi connectivity index (χ0v) is 21.5. The molecule has 0 unspecified atom stereocenters. The van der Waals surface area contributed by atoms with Crippen molar-refractivity contribution in [2.75, 3.05) is 30.1 Å². The smallest absolute Gasteiger partial charge is 0.336 e. The van der Waals surface area contributed by atoms with Crippen LogP contribution < -0.4 is 9.64 Å². The summed E-state index contributed by atoms with van der Waals surface area (Å²) in [5.41, 5.74) is 1.09. The molecule has 2 N–H and O–H groups in total. The Morgan fingerprint density at radius 1 is 1.24 bits per heavy atom. The van der Waals surface area contributed by atoms with Crippen LogP contribution in [-0.2, 0) is 14.6 Å². The predicted molar refractivity (Wildman–Crippen MR) is 135 cm³/mol. The van der Waals surface area contributed by atoms with Gasteiger partial charge in [0, 0.05) is 23.7 Å². The van der Waals surface area contributed by atoms with Crippen molar-refractivity contribution in [1.82, 2.24) is 0 Å². The largest absolute Gasteiger partial charge is 0.489 e. The highest BCUT2D eigenvalue weighted by Gasteiger charge is 2.42. The molecule has 0 fully saturated rings. The lowest BCUT2D eigenvalue weighted by molar-refractivity contribution is -0.148. The van der Waals surface area contributed by atoms with Crippen LogP contribution in [0.2, 0.25) is 0 Å². The monoisotopic (exact) mass is 507 g/mol. The van der Waals surface area contributed by atoms with Crippen LogP contribution in [0.5, 0.6) is 5.75 Å². The summed E-state index contributed by atoms with van der Waals surface area (Å²) in [5.74, 6) is -1.12. The molecule has 0 bridgehead atoms. The molecule has 0 aromatic heterocycles. The van der Waals surface area contributed by atoms with Crippen LogP contribution in [0.25, 0.3) is 0 Å². The quantitative estimate of drug-likeness (QED) is 0.444. The standard InChI is InChI=1S/C25H33NO6S2/c1-4-6-12-25(5-2)16-26(18-10-8-7-9-11-18)19-13-22(33-3)21(32-15-20(27)24(28)29)14-23(19)34(30,31)17-25/h7-11,13-14,20,27H,4-6,12,15-17H2,1-3H3,(H,28,29)/t20-,25-/m0/s1. The van der Waals surface area contributed by atoms with Gasteiger partial charge in [0.25, 0.3) is 0 Å². The maximum absolute atomic E-state index is 13.8. The third-order valence-corrected chi connectivity index (χ3v) is 9.17. The van der Waals surface area contributed by atoms with Gasteiger partial charge in [0.2, 0.25) is 0 Å². The number of aliphatic carboxylic acids is 1. The Kier molecular flexibility index (Phi) is 8.54. The number of aliphatic hydroxyl groups is 1. The number of unbranched alkanes of at least 4 members (excludes halogenated alkanes) is 1. The van der Waals surface area contributed by atoms with Gasteiger partial charge in [-0.1, -0.05) is 44.9 Å². The maximum Gasteiger partial charge on any atom is 0.336 e. The lowest BCUT2D eigenvalue weighted by Crippen LogP contribution is -2.37. The van der Waals surface area contributed by atoms with Crippen LogP contribution >= 0.6 is 11.8 Å². The Labute approximate surface area is 206 Å². The van der Waals surface area contributed by atoms with E-state index < -0.39 is 33.9 Å². The Balaban J connectivity index is 2.18. The normalized spacial score (nSPS) is 20.3. The summed E-state index contributed by atoms with van der Waals surface area (Å²) < 4.78 is 33.1. The Bertz CT molecular complexity index is 1110. The summed E-state index contributed by atoms with van der Waals surface area (Å²) in [6.07, 6.45) is 3.61. The van der Waals surface area contributed by atoms with Gasteiger partial charge in [0.15, 0.2) is 15.9 Å². The molecule has 9 heteroatoms. The first-order valence-electron chi connectivity index (χ1n) is 11.5. The zero-order chi connectivity index (χ0) is 24.9. The highest BCUT2D eigenvalue weighted by Crippen LogP contribution is 2.47. The molecule has 1 aliphatic heterocycles. The van der Waals surface area contributed by atoms with Crippen molar-refractivity contribution in [2.24, 2.45) is 5.41 Å². The SMILES string of the molecule is CCCC[C@@]1(CC)CN(c2ccccc2)c2cc(SC)c(OC[C@H](O)C(=O)O)cc2S(=O)(=O)C1. The van der Waals surface area contributed by atoms with Crippen LogP contribution in [0.3, 0.4) is 0 Å². The molecule has 1 aliphatic rings. The Morgan fingerprint density at radius 2 is 1.94 bits per heavy atom. The van der Waals surface area contributed by atoms with Gasteiger partial charge < -0.3 is 19.8 Å². The summed E-state index contributed by atoms with van der Waals surface area (Å²) in [6.45, 7) is 4.27. The van der Waals surface area contributed by atoms with Crippen molar-refractivity contribution < 1.29 is 28.2 Å². The second-order valence-corrected chi connectivity index (χ2v) is 11.6. The average Bonchev–Trinajstić information content (AvgIpc) is 2.93. The third-order valence-electron chi connectivity index (χ3n) is 6.42. The lowest BCUT2D eigenvalue weighted by atomic mass is 9.81. The van der Waals surface area contributed by atoms with Gasteiger partial charge in [-0.3, -0.25) is 0 Å². The van der Waals surface area contributed by atoms with Crippen LogP contribution in [-0.4, -0.2) is 55.9 Å². The molecule has 2 aromatic carbocycles. The van der Waals surface area contributed by atoms with Crippen molar-refractivity contribution in [1.29, 1.82) is 0 Å². The number of nitrogens with zero attached hydrogens (tertiary/aromatic N) is 1. The van der Waals surface area contributed by atoms with Crippen LogP contribution in [0.15, 0.2) is 52.3 Å². The number of hydrogen-bond donors (Lipinski definition) is 2. The third kappa shape index (κ3) is 5.70. The van der Waals surface area contributed by atoms with E-state index in [0.29, 0.717) is 17.1 Å². The summed E-state index contributed by atoms with van der Waals surface area (Å²) in [6, 6.07) is 13.1. The second kappa shape index (κ2) is 11.0. The molecule has 0 saturated carbocycles. The minimum absolute atomic E-state index is 0.0304. The molecule has 0 spiro atoms. The van der Waals surface area contributed by atoms with Crippen molar-refractivity contribution in [3.05, 3.63) is 42.5 Å². The minimum atomic E-state index is -3.68.